The summed E-state index contributed by atoms with van der Waals surface area (Å²) in [5, 5.41) is 20.7. The van der Waals surface area contributed by atoms with Gasteiger partial charge in [0.1, 0.15) is 11.5 Å². The summed E-state index contributed by atoms with van der Waals surface area (Å²) in [5.41, 5.74) is 2.43. The van der Waals surface area contributed by atoms with Crippen molar-refractivity contribution in [1.82, 2.24) is 0 Å². The highest BCUT2D eigenvalue weighted by Gasteiger charge is 2.57. The minimum Gasteiger partial charge on any atom is -0.511 e. The molecule has 0 aliphatic heterocycles. The molecule has 4 aliphatic rings. The van der Waals surface area contributed by atoms with Gasteiger partial charge in [-0.2, -0.15) is 0 Å². The van der Waals surface area contributed by atoms with Crippen molar-refractivity contribution in [3.8, 4) is 5.75 Å². The molecule has 4 unspecified atom stereocenters. The zero-order valence-corrected chi connectivity index (χ0v) is 12.5. The number of hydrogen-bond donors (Lipinski definition) is 2. The molecule has 0 heterocycles. The summed E-state index contributed by atoms with van der Waals surface area (Å²) in [5.74, 6) is 2.10. The number of carbonyl (C=O) groups excluding carboxylic acids is 1. The molecular formula is C19H20O3. The molecule has 3 heteroatoms. The van der Waals surface area contributed by atoms with Crippen LogP contribution in [0.1, 0.15) is 49.1 Å². The number of hydrogen-bond acceptors (Lipinski definition) is 3. The number of ketones is 1. The lowest BCUT2D eigenvalue weighted by Gasteiger charge is -2.23. The second kappa shape index (κ2) is 4.15. The molecule has 0 aromatic heterocycles. The molecule has 22 heavy (non-hydrogen) atoms. The Hall–Kier alpha value is -1.77. The van der Waals surface area contributed by atoms with Gasteiger partial charge in [-0.15, -0.1) is 0 Å². The Bertz CT molecular complexity index is 713. The van der Waals surface area contributed by atoms with Crippen LogP contribution in [-0.2, 0) is 4.79 Å². The van der Waals surface area contributed by atoms with Gasteiger partial charge >= 0.3 is 0 Å². The molecule has 0 radical (unpaired) electrons. The van der Waals surface area contributed by atoms with Crippen LogP contribution in [0.2, 0.25) is 0 Å². The number of phenolic OH excluding ortho intramolecular Hbond substituents is 1. The fraction of sp³-hybridized carbons (Fsp3) is 0.526. The summed E-state index contributed by atoms with van der Waals surface area (Å²) in [6.45, 7) is 0. The number of phenols is 1. The van der Waals surface area contributed by atoms with Crippen molar-refractivity contribution in [3.63, 3.8) is 0 Å². The summed E-state index contributed by atoms with van der Waals surface area (Å²) in [6.07, 6.45) is 5.66. The Labute approximate surface area is 129 Å². The number of Topliss-reactive ketones (excluding diaryl/α,β-unsaturated/α-hetero) is 1. The van der Waals surface area contributed by atoms with E-state index >= 15 is 0 Å². The first-order valence-electron chi connectivity index (χ1n) is 8.45. The molecule has 0 saturated heterocycles. The quantitative estimate of drug-likeness (QED) is 0.873. The SMILES string of the molecule is O=C1C(c2cc(O)ccc2C2CC2)=C(O)C2C3CCC(C3)C12. The van der Waals surface area contributed by atoms with Crippen LogP contribution in [0.3, 0.4) is 0 Å². The van der Waals surface area contributed by atoms with Gasteiger partial charge in [-0.1, -0.05) is 6.07 Å². The van der Waals surface area contributed by atoms with E-state index in [1.54, 1.807) is 12.1 Å². The molecule has 4 aliphatic carbocycles. The second-order valence-electron chi connectivity index (χ2n) is 7.56. The Morgan fingerprint density at radius 1 is 0.955 bits per heavy atom. The summed E-state index contributed by atoms with van der Waals surface area (Å²) in [7, 11) is 0. The number of rotatable bonds is 2. The molecule has 3 saturated carbocycles. The summed E-state index contributed by atoms with van der Waals surface area (Å²) < 4.78 is 0. The maximum Gasteiger partial charge on any atom is 0.170 e. The van der Waals surface area contributed by atoms with Crippen LogP contribution in [-0.4, -0.2) is 16.0 Å². The number of allylic oxidation sites excluding steroid dienone is 2. The minimum atomic E-state index is 0.00292. The average molecular weight is 296 g/mol. The fourth-order valence-corrected chi connectivity index (χ4v) is 5.30. The number of fused-ring (bicyclic) bond motifs is 5. The zero-order valence-electron chi connectivity index (χ0n) is 12.5. The van der Waals surface area contributed by atoms with E-state index in [9.17, 15) is 15.0 Å². The lowest BCUT2D eigenvalue weighted by molar-refractivity contribution is -0.118. The minimum absolute atomic E-state index is 0.00292. The summed E-state index contributed by atoms with van der Waals surface area (Å²) in [6, 6.07) is 5.30. The molecule has 1 aromatic rings. The molecule has 2 N–H and O–H groups in total. The van der Waals surface area contributed by atoms with Crippen molar-refractivity contribution in [2.45, 2.75) is 38.0 Å². The Morgan fingerprint density at radius 2 is 1.68 bits per heavy atom. The van der Waals surface area contributed by atoms with E-state index in [0.29, 0.717) is 29.1 Å². The van der Waals surface area contributed by atoms with Gasteiger partial charge in [-0.05, 0) is 73.1 Å². The van der Waals surface area contributed by atoms with E-state index in [1.165, 1.54) is 0 Å². The summed E-state index contributed by atoms with van der Waals surface area (Å²) >= 11 is 0. The van der Waals surface area contributed by atoms with Crippen molar-refractivity contribution in [2.24, 2.45) is 23.7 Å². The maximum absolute atomic E-state index is 13.0. The smallest absolute Gasteiger partial charge is 0.170 e. The van der Waals surface area contributed by atoms with Gasteiger partial charge in [0, 0.05) is 11.8 Å². The molecular weight excluding hydrogens is 276 g/mol. The molecule has 1 aromatic carbocycles. The van der Waals surface area contributed by atoms with Crippen LogP contribution in [0.4, 0.5) is 0 Å². The predicted octanol–water partition coefficient (Wildman–Crippen LogP) is 3.78. The van der Waals surface area contributed by atoms with Crippen molar-refractivity contribution in [2.75, 3.05) is 0 Å². The molecule has 5 rings (SSSR count). The first-order chi connectivity index (χ1) is 10.6. The van der Waals surface area contributed by atoms with E-state index in [-0.39, 0.29) is 23.4 Å². The van der Waals surface area contributed by atoms with Gasteiger partial charge in [-0.25, -0.2) is 0 Å². The number of aromatic hydroxyl groups is 1. The molecule has 4 atom stereocenters. The number of benzene rings is 1. The van der Waals surface area contributed by atoms with E-state index in [4.69, 9.17) is 0 Å². The number of aliphatic hydroxyl groups is 1. The normalized spacial score (nSPS) is 36.3. The van der Waals surface area contributed by atoms with Crippen LogP contribution in [0, 0.1) is 23.7 Å². The Morgan fingerprint density at radius 3 is 2.36 bits per heavy atom. The largest absolute Gasteiger partial charge is 0.511 e. The highest BCUT2D eigenvalue weighted by Crippen LogP contribution is 2.60. The number of carbonyl (C=O) groups is 1. The van der Waals surface area contributed by atoms with Crippen LogP contribution in [0.25, 0.3) is 5.57 Å². The molecule has 2 bridgehead atoms. The molecule has 0 spiro atoms. The fourth-order valence-electron chi connectivity index (χ4n) is 5.30. The first-order valence-corrected chi connectivity index (χ1v) is 8.45. The third kappa shape index (κ3) is 1.54. The van der Waals surface area contributed by atoms with Gasteiger partial charge in [0.25, 0.3) is 0 Å². The van der Waals surface area contributed by atoms with E-state index in [0.717, 1.165) is 43.2 Å². The maximum atomic E-state index is 13.0. The van der Waals surface area contributed by atoms with Gasteiger partial charge in [0.15, 0.2) is 5.78 Å². The van der Waals surface area contributed by atoms with E-state index in [2.05, 4.69) is 0 Å². The monoisotopic (exact) mass is 296 g/mol. The first kappa shape index (κ1) is 12.7. The molecule has 0 amide bonds. The van der Waals surface area contributed by atoms with Crippen molar-refractivity contribution < 1.29 is 15.0 Å². The van der Waals surface area contributed by atoms with Gasteiger partial charge in [0.05, 0.1) is 5.57 Å². The van der Waals surface area contributed by atoms with Gasteiger partial charge < -0.3 is 10.2 Å². The van der Waals surface area contributed by atoms with Crippen LogP contribution in [0.5, 0.6) is 5.75 Å². The van der Waals surface area contributed by atoms with Crippen LogP contribution in [0.15, 0.2) is 24.0 Å². The van der Waals surface area contributed by atoms with E-state index < -0.39 is 0 Å². The van der Waals surface area contributed by atoms with Crippen molar-refractivity contribution in [1.29, 1.82) is 0 Å². The Kier molecular flexibility index (Phi) is 2.41. The number of aliphatic hydroxyl groups excluding tert-OH is 1. The van der Waals surface area contributed by atoms with Crippen molar-refractivity contribution >= 4 is 11.4 Å². The van der Waals surface area contributed by atoms with Gasteiger partial charge in [0.2, 0.25) is 0 Å². The average Bonchev–Trinajstić information content (AvgIpc) is 3.03. The second-order valence-corrected chi connectivity index (χ2v) is 7.56. The van der Waals surface area contributed by atoms with Crippen LogP contribution >= 0.6 is 0 Å². The third-order valence-corrected chi connectivity index (χ3v) is 6.36. The highest BCUT2D eigenvalue weighted by atomic mass is 16.3. The lowest BCUT2D eigenvalue weighted by Crippen LogP contribution is -2.24. The van der Waals surface area contributed by atoms with Crippen LogP contribution < -0.4 is 0 Å². The Balaban J connectivity index is 1.66. The summed E-state index contributed by atoms with van der Waals surface area (Å²) in [4.78, 5) is 13.0. The predicted molar refractivity (Wildman–Crippen MR) is 82.4 cm³/mol. The standard InChI is InChI=1S/C19H20O3/c20-12-5-6-13(9-1-2-9)14(8-12)17-18(21)15-10-3-4-11(7-10)16(15)19(17)22/h5-6,8-11,15-16,20-21H,1-4,7H2. The van der Waals surface area contributed by atoms with E-state index in [1.807, 2.05) is 6.07 Å². The topological polar surface area (TPSA) is 57.5 Å². The van der Waals surface area contributed by atoms with Gasteiger partial charge in [-0.3, -0.25) is 4.79 Å². The molecule has 3 nitrogen and oxygen atoms in total. The van der Waals surface area contributed by atoms with Crippen molar-refractivity contribution in [3.05, 3.63) is 35.1 Å². The third-order valence-electron chi connectivity index (χ3n) is 6.36. The highest BCUT2D eigenvalue weighted by molar-refractivity contribution is 6.25. The zero-order chi connectivity index (χ0) is 15.0. The molecule has 114 valence electrons. The lowest BCUT2D eigenvalue weighted by atomic mass is 9.80. The molecule has 3 fully saturated rings.